The Kier molecular flexibility index (Phi) is 6.13. The van der Waals surface area contributed by atoms with E-state index in [-0.39, 0.29) is 5.91 Å². The van der Waals surface area contributed by atoms with Crippen LogP contribution in [-0.2, 0) is 6.54 Å². The van der Waals surface area contributed by atoms with Crippen molar-refractivity contribution in [3.63, 3.8) is 0 Å². The number of aryl methyl sites for hydroxylation is 1. The van der Waals surface area contributed by atoms with E-state index in [9.17, 15) is 4.79 Å². The smallest absolute Gasteiger partial charge is 0.259 e. The highest BCUT2D eigenvalue weighted by Crippen LogP contribution is 2.27. The lowest BCUT2D eigenvalue weighted by molar-refractivity contribution is 0.102. The molecule has 4 aromatic rings. The molecule has 0 spiro atoms. The zero-order valence-electron chi connectivity index (χ0n) is 17.7. The lowest BCUT2D eigenvalue weighted by Gasteiger charge is -2.11. The molecule has 1 heterocycles. The summed E-state index contributed by atoms with van der Waals surface area (Å²) in [6.07, 6.45) is 1.81. The fourth-order valence-corrected chi connectivity index (χ4v) is 3.40. The molecule has 1 amide bonds. The molecule has 0 aliphatic heterocycles. The van der Waals surface area contributed by atoms with Gasteiger partial charge in [-0.2, -0.15) is 5.10 Å². The summed E-state index contributed by atoms with van der Waals surface area (Å²) in [5.74, 6) is 0.425. The van der Waals surface area contributed by atoms with Gasteiger partial charge in [-0.1, -0.05) is 72.3 Å². The number of nitrogens with one attached hydrogen (secondary N) is 1. The molecule has 156 valence electrons. The molecule has 31 heavy (non-hydrogen) atoms. The van der Waals surface area contributed by atoms with Gasteiger partial charge in [-0.25, -0.2) is 0 Å². The molecule has 0 radical (unpaired) electrons. The first-order valence-corrected chi connectivity index (χ1v) is 10.4. The molecule has 5 heteroatoms. The number of carbonyl (C=O) groups is 1. The third-order valence-corrected chi connectivity index (χ3v) is 4.95. The topological polar surface area (TPSA) is 56.1 Å². The molecule has 1 aromatic heterocycles. The van der Waals surface area contributed by atoms with E-state index in [4.69, 9.17) is 9.84 Å². The van der Waals surface area contributed by atoms with E-state index < -0.39 is 0 Å². The zero-order chi connectivity index (χ0) is 21.6. The molecule has 5 nitrogen and oxygen atoms in total. The van der Waals surface area contributed by atoms with E-state index in [2.05, 4.69) is 5.32 Å². The Morgan fingerprint density at radius 3 is 2.42 bits per heavy atom. The Balaban J connectivity index is 1.69. The zero-order valence-corrected chi connectivity index (χ0v) is 17.7. The standard InChI is InChI=1S/C26H25N3O2/c1-3-31-24-12-8-7-11-23(24)27-26(30)22-18-29(17-20-9-5-4-6-10-20)28-25(22)21-15-13-19(2)14-16-21/h4-16,18H,3,17H2,1-2H3,(H,27,30). The fraction of sp³-hybridized carbons (Fsp3) is 0.154. The normalized spacial score (nSPS) is 10.6. The number of para-hydroxylation sites is 2. The van der Waals surface area contributed by atoms with Gasteiger partial charge in [-0.05, 0) is 31.5 Å². The van der Waals surface area contributed by atoms with Crippen LogP contribution >= 0.6 is 0 Å². The molecule has 0 saturated heterocycles. The maximum Gasteiger partial charge on any atom is 0.259 e. The van der Waals surface area contributed by atoms with Crippen LogP contribution in [0.25, 0.3) is 11.3 Å². The summed E-state index contributed by atoms with van der Waals surface area (Å²) in [4.78, 5) is 13.3. The van der Waals surface area contributed by atoms with Crippen molar-refractivity contribution in [1.29, 1.82) is 0 Å². The van der Waals surface area contributed by atoms with E-state index in [1.54, 1.807) is 6.20 Å². The molecule has 0 aliphatic carbocycles. The molecule has 0 atom stereocenters. The minimum Gasteiger partial charge on any atom is -0.492 e. The highest BCUT2D eigenvalue weighted by molar-refractivity contribution is 6.08. The van der Waals surface area contributed by atoms with Crippen LogP contribution in [0.1, 0.15) is 28.4 Å². The first-order chi connectivity index (χ1) is 15.1. The van der Waals surface area contributed by atoms with Gasteiger partial charge in [-0.15, -0.1) is 0 Å². The number of nitrogens with zero attached hydrogens (tertiary/aromatic N) is 2. The van der Waals surface area contributed by atoms with Gasteiger partial charge >= 0.3 is 0 Å². The second-order valence-electron chi connectivity index (χ2n) is 7.32. The number of benzene rings is 3. The summed E-state index contributed by atoms with van der Waals surface area (Å²) in [6, 6.07) is 25.6. The number of hydrogen-bond acceptors (Lipinski definition) is 3. The van der Waals surface area contributed by atoms with Crippen LogP contribution in [0.4, 0.5) is 5.69 Å². The van der Waals surface area contributed by atoms with Gasteiger partial charge in [0.15, 0.2) is 0 Å². The largest absolute Gasteiger partial charge is 0.492 e. The summed E-state index contributed by atoms with van der Waals surface area (Å²) < 4.78 is 7.46. The summed E-state index contributed by atoms with van der Waals surface area (Å²) in [5.41, 5.74) is 4.99. The summed E-state index contributed by atoms with van der Waals surface area (Å²) in [7, 11) is 0. The molecular formula is C26H25N3O2. The monoisotopic (exact) mass is 411 g/mol. The van der Waals surface area contributed by atoms with Crippen LogP contribution in [0.3, 0.4) is 0 Å². The summed E-state index contributed by atoms with van der Waals surface area (Å²) in [6.45, 7) is 5.07. The third-order valence-electron chi connectivity index (χ3n) is 4.95. The molecule has 1 N–H and O–H groups in total. The molecule has 0 aliphatic rings. The first kappa shape index (κ1) is 20.4. The molecule has 4 rings (SSSR count). The van der Waals surface area contributed by atoms with Crippen LogP contribution in [0.2, 0.25) is 0 Å². The maximum atomic E-state index is 13.3. The van der Waals surface area contributed by atoms with Gasteiger partial charge < -0.3 is 10.1 Å². The van der Waals surface area contributed by atoms with Crippen LogP contribution < -0.4 is 10.1 Å². The van der Waals surface area contributed by atoms with E-state index in [0.717, 1.165) is 16.7 Å². The van der Waals surface area contributed by atoms with E-state index in [1.807, 2.05) is 97.4 Å². The minimum atomic E-state index is -0.220. The number of anilines is 1. The highest BCUT2D eigenvalue weighted by atomic mass is 16.5. The lowest BCUT2D eigenvalue weighted by Crippen LogP contribution is -2.13. The Morgan fingerprint density at radius 2 is 1.68 bits per heavy atom. The number of amides is 1. The summed E-state index contributed by atoms with van der Waals surface area (Å²) in [5, 5.41) is 7.74. The van der Waals surface area contributed by atoms with Crippen LogP contribution in [0, 0.1) is 6.92 Å². The molecule has 0 fully saturated rings. The van der Waals surface area contributed by atoms with Crippen molar-refractivity contribution >= 4 is 11.6 Å². The quantitative estimate of drug-likeness (QED) is 0.433. The predicted molar refractivity (Wildman–Crippen MR) is 124 cm³/mol. The van der Waals surface area contributed by atoms with E-state index in [0.29, 0.717) is 35.8 Å². The van der Waals surface area contributed by atoms with Crippen molar-refractivity contribution in [3.8, 4) is 17.0 Å². The second kappa shape index (κ2) is 9.30. The number of carbonyl (C=O) groups excluding carboxylic acids is 1. The number of ether oxygens (including phenoxy) is 1. The minimum absolute atomic E-state index is 0.220. The lowest BCUT2D eigenvalue weighted by atomic mass is 10.1. The van der Waals surface area contributed by atoms with Crippen LogP contribution in [0.15, 0.2) is 85.1 Å². The Hall–Kier alpha value is -3.86. The molecule has 0 saturated carbocycles. The van der Waals surface area contributed by atoms with E-state index in [1.165, 1.54) is 0 Å². The van der Waals surface area contributed by atoms with Gasteiger partial charge in [0.05, 0.1) is 24.4 Å². The van der Waals surface area contributed by atoms with E-state index >= 15 is 0 Å². The van der Waals surface area contributed by atoms with Crippen molar-refractivity contribution < 1.29 is 9.53 Å². The van der Waals surface area contributed by atoms with Crippen molar-refractivity contribution in [2.45, 2.75) is 20.4 Å². The molecule has 0 bridgehead atoms. The average Bonchev–Trinajstić information content (AvgIpc) is 3.20. The highest BCUT2D eigenvalue weighted by Gasteiger charge is 2.19. The Bertz CT molecular complexity index is 1160. The van der Waals surface area contributed by atoms with Gasteiger partial charge in [0.25, 0.3) is 5.91 Å². The third kappa shape index (κ3) is 4.83. The van der Waals surface area contributed by atoms with Crippen molar-refractivity contribution in [3.05, 3.63) is 102 Å². The second-order valence-corrected chi connectivity index (χ2v) is 7.32. The van der Waals surface area contributed by atoms with Gasteiger partial charge in [-0.3, -0.25) is 9.48 Å². The number of aromatic nitrogens is 2. The van der Waals surface area contributed by atoms with Crippen molar-refractivity contribution in [2.75, 3.05) is 11.9 Å². The Labute approximate surface area is 182 Å². The van der Waals surface area contributed by atoms with Crippen LogP contribution in [0.5, 0.6) is 5.75 Å². The van der Waals surface area contributed by atoms with Gasteiger partial charge in [0.2, 0.25) is 0 Å². The van der Waals surface area contributed by atoms with Crippen molar-refractivity contribution in [2.24, 2.45) is 0 Å². The molecule has 0 unspecified atom stereocenters. The Morgan fingerprint density at radius 1 is 0.968 bits per heavy atom. The maximum absolute atomic E-state index is 13.3. The molecule has 3 aromatic carbocycles. The average molecular weight is 412 g/mol. The van der Waals surface area contributed by atoms with Crippen molar-refractivity contribution in [1.82, 2.24) is 9.78 Å². The fourth-order valence-electron chi connectivity index (χ4n) is 3.40. The predicted octanol–water partition coefficient (Wildman–Crippen LogP) is 5.56. The number of hydrogen-bond donors (Lipinski definition) is 1. The first-order valence-electron chi connectivity index (χ1n) is 10.4. The van der Waals surface area contributed by atoms with Gasteiger partial charge in [0.1, 0.15) is 11.4 Å². The number of rotatable bonds is 7. The summed E-state index contributed by atoms with van der Waals surface area (Å²) >= 11 is 0. The van der Waals surface area contributed by atoms with Crippen LogP contribution in [-0.4, -0.2) is 22.3 Å². The van der Waals surface area contributed by atoms with Gasteiger partial charge in [0, 0.05) is 11.8 Å². The SMILES string of the molecule is CCOc1ccccc1NC(=O)c1cn(Cc2ccccc2)nc1-c1ccc(C)cc1. The molecular weight excluding hydrogens is 386 g/mol.